The molecule has 0 radical (unpaired) electrons. The van der Waals surface area contributed by atoms with Gasteiger partial charge in [0.25, 0.3) is 5.91 Å². The Balaban J connectivity index is 2.59. The molecule has 7 nitrogen and oxygen atoms in total. The number of hydrogen-bond donors (Lipinski definition) is 1. The molecule has 0 aliphatic carbocycles. The molecule has 0 unspecified atom stereocenters. The van der Waals surface area contributed by atoms with Crippen molar-refractivity contribution in [1.82, 2.24) is 19.6 Å². The lowest BCUT2D eigenvalue weighted by molar-refractivity contribution is 0.0995. The zero-order chi connectivity index (χ0) is 12.6. The predicted molar refractivity (Wildman–Crippen MR) is 59.0 cm³/mol. The van der Waals surface area contributed by atoms with Crippen molar-refractivity contribution in [2.45, 2.75) is 6.92 Å². The molecule has 1 amide bonds. The maximum absolute atomic E-state index is 11.0. The van der Waals surface area contributed by atoms with Gasteiger partial charge in [0.1, 0.15) is 5.69 Å². The van der Waals surface area contributed by atoms with Gasteiger partial charge in [-0.05, 0) is 13.0 Å². The number of rotatable bonds is 3. The summed E-state index contributed by atoms with van der Waals surface area (Å²) in [4.78, 5) is 21.9. The zero-order valence-electron chi connectivity index (χ0n) is 9.41. The Morgan fingerprint density at radius 3 is 2.71 bits per heavy atom. The van der Waals surface area contributed by atoms with E-state index in [0.29, 0.717) is 23.4 Å². The summed E-state index contributed by atoms with van der Waals surface area (Å²) < 4.78 is 2.93. The van der Waals surface area contributed by atoms with E-state index in [9.17, 15) is 9.59 Å². The molecule has 2 aromatic rings. The van der Waals surface area contributed by atoms with Crippen molar-refractivity contribution in [1.29, 1.82) is 0 Å². The van der Waals surface area contributed by atoms with Crippen LogP contribution in [0.3, 0.4) is 0 Å². The van der Waals surface area contributed by atoms with E-state index in [1.807, 2.05) is 0 Å². The smallest absolute Gasteiger partial charge is 0.269 e. The second-order valence-electron chi connectivity index (χ2n) is 3.57. The molecule has 2 aromatic heterocycles. The minimum Gasteiger partial charge on any atom is -0.364 e. The van der Waals surface area contributed by atoms with Gasteiger partial charge in [-0.15, -0.1) is 0 Å². The van der Waals surface area contributed by atoms with Gasteiger partial charge in [-0.3, -0.25) is 14.3 Å². The lowest BCUT2D eigenvalue weighted by atomic mass is 10.3. The number of nitrogens with two attached hydrogens (primary N) is 1. The highest BCUT2D eigenvalue weighted by atomic mass is 16.1. The van der Waals surface area contributed by atoms with Crippen LogP contribution in [0.25, 0.3) is 5.82 Å². The molecule has 0 saturated heterocycles. The summed E-state index contributed by atoms with van der Waals surface area (Å²) in [5.41, 5.74) is 6.29. The minimum absolute atomic E-state index is 0.140. The van der Waals surface area contributed by atoms with Gasteiger partial charge in [0.05, 0.1) is 11.3 Å². The zero-order valence-corrected chi connectivity index (χ0v) is 9.41. The summed E-state index contributed by atoms with van der Waals surface area (Å²) >= 11 is 0. The minimum atomic E-state index is -0.615. The molecule has 2 N–H and O–H groups in total. The summed E-state index contributed by atoms with van der Waals surface area (Å²) in [6.07, 6.45) is 2.27. The van der Waals surface area contributed by atoms with Crippen LogP contribution in [-0.2, 0) is 7.05 Å². The fourth-order valence-corrected chi connectivity index (χ4v) is 1.65. The quantitative estimate of drug-likeness (QED) is 0.744. The Hall–Kier alpha value is -2.44. The number of primary amides is 1. The van der Waals surface area contributed by atoms with Gasteiger partial charge in [0.15, 0.2) is 12.1 Å². The van der Waals surface area contributed by atoms with Crippen LogP contribution in [0.5, 0.6) is 0 Å². The topological polar surface area (TPSA) is 95.8 Å². The maximum atomic E-state index is 11.0. The molecular formula is C10H11N5O2. The molecule has 0 aliphatic rings. The lowest BCUT2D eigenvalue weighted by Crippen LogP contribution is -2.13. The molecule has 0 bridgehead atoms. The Kier molecular flexibility index (Phi) is 2.51. The first-order chi connectivity index (χ1) is 8.04. The van der Waals surface area contributed by atoms with Crippen LogP contribution in [-0.4, -0.2) is 31.8 Å². The number of nitrogens with zero attached hydrogens (tertiary/aromatic N) is 4. The second kappa shape index (κ2) is 3.85. The van der Waals surface area contributed by atoms with Gasteiger partial charge in [-0.25, -0.2) is 4.68 Å². The molecule has 2 heterocycles. The van der Waals surface area contributed by atoms with E-state index in [1.165, 1.54) is 15.4 Å². The first-order valence-corrected chi connectivity index (χ1v) is 4.89. The molecule has 0 aromatic carbocycles. The molecule has 88 valence electrons. The molecular weight excluding hydrogens is 222 g/mol. The van der Waals surface area contributed by atoms with E-state index in [0.717, 1.165) is 0 Å². The first-order valence-electron chi connectivity index (χ1n) is 4.89. The molecule has 0 saturated carbocycles. The Labute approximate surface area is 96.8 Å². The number of aromatic nitrogens is 4. The van der Waals surface area contributed by atoms with Crippen molar-refractivity contribution in [2.24, 2.45) is 12.8 Å². The number of carbonyl (C=O) groups is 2. The van der Waals surface area contributed by atoms with E-state index in [4.69, 9.17) is 5.73 Å². The fraction of sp³-hybridized carbons (Fsp3) is 0.200. The summed E-state index contributed by atoms with van der Waals surface area (Å²) in [7, 11) is 1.70. The third-order valence-electron chi connectivity index (χ3n) is 2.41. The van der Waals surface area contributed by atoms with Gasteiger partial charge in [0, 0.05) is 13.2 Å². The van der Waals surface area contributed by atoms with E-state index in [-0.39, 0.29) is 5.69 Å². The first kappa shape index (κ1) is 11.1. The average molecular weight is 233 g/mol. The molecule has 0 spiro atoms. The van der Waals surface area contributed by atoms with Crippen LogP contribution in [0, 0.1) is 6.92 Å². The van der Waals surface area contributed by atoms with E-state index in [2.05, 4.69) is 10.2 Å². The third kappa shape index (κ3) is 1.71. The summed E-state index contributed by atoms with van der Waals surface area (Å²) in [6, 6.07) is 1.49. The Morgan fingerprint density at radius 1 is 1.47 bits per heavy atom. The number of amides is 1. The molecule has 0 fully saturated rings. The van der Waals surface area contributed by atoms with Crippen molar-refractivity contribution >= 4 is 12.2 Å². The van der Waals surface area contributed by atoms with Crippen LogP contribution in [0.4, 0.5) is 0 Å². The number of carbonyl (C=O) groups excluding carboxylic acids is 2. The van der Waals surface area contributed by atoms with Crippen molar-refractivity contribution in [2.75, 3.05) is 0 Å². The van der Waals surface area contributed by atoms with Crippen molar-refractivity contribution in [3.8, 4) is 5.82 Å². The van der Waals surface area contributed by atoms with E-state index < -0.39 is 5.91 Å². The fourth-order valence-electron chi connectivity index (χ4n) is 1.65. The Morgan fingerprint density at radius 2 is 2.18 bits per heavy atom. The van der Waals surface area contributed by atoms with Crippen LogP contribution >= 0.6 is 0 Å². The summed E-state index contributed by atoms with van der Waals surface area (Å²) in [5.74, 6) is -0.111. The largest absolute Gasteiger partial charge is 0.364 e. The predicted octanol–water partition coefficient (Wildman–Crippen LogP) is -0.174. The second-order valence-corrected chi connectivity index (χ2v) is 3.57. The molecule has 0 aliphatic heterocycles. The lowest BCUT2D eigenvalue weighted by Gasteiger charge is -2.02. The van der Waals surface area contributed by atoms with Crippen LogP contribution < -0.4 is 5.73 Å². The molecule has 17 heavy (non-hydrogen) atoms. The highest BCUT2D eigenvalue weighted by Crippen LogP contribution is 2.15. The monoisotopic (exact) mass is 233 g/mol. The van der Waals surface area contributed by atoms with Crippen molar-refractivity contribution < 1.29 is 9.59 Å². The highest BCUT2D eigenvalue weighted by Gasteiger charge is 2.16. The van der Waals surface area contributed by atoms with Gasteiger partial charge < -0.3 is 5.73 Å². The van der Waals surface area contributed by atoms with Gasteiger partial charge in [0.2, 0.25) is 0 Å². The number of aldehydes is 1. The van der Waals surface area contributed by atoms with Gasteiger partial charge >= 0.3 is 0 Å². The molecule has 7 heteroatoms. The molecule has 0 atom stereocenters. The van der Waals surface area contributed by atoms with Crippen LogP contribution in [0.15, 0.2) is 12.3 Å². The standard InChI is InChI=1S/C10H11N5O2/c1-6-7(5-16)10(14(2)12-6)15-4-3-8(13-15)9(11)17/h3-5H,1-2H3,(H2,11,17). The van der Waals surface area contributed by atoms with Crippen molar-refractivity contribution in [3.05, 3.63) is 29.2 Å². The summed E-state index contributed by atoms with van der Waals surface area (Å²) in [5, 5.41) is 8.11. The highest BCUT2D eigenvalue weighted by molar-refractivity contribution is 5.90. The average Bonchev–Trinajstić information content (AvgIpc) is 2.82. The van der Waals surface area contributed by atoms with Crippen molar-refractivity contribution in [3.63, 3.8) is 0 Å². The number of hydrogen-bond acceptors (Lipinski definition) is 4. The summed E-state index contributed by atoms with van der Waals surface area (Å²) in [6.45, 7) is 1.73. The van der Waals surface area contributed by atoms with Gasteiger partial charge in [-0.1, -0.05) is 0 Å². The maximum Gasteiger partial charge on any atom is 0.269 e. The van der Waals surface area contributed by atoms with Crippen LogP contribution in [0.1, 0.15) is 26.5 Å². The van der Waals surface area contributed by atoms with E-state index >= 15 is 0 Å². The van der Waals surface area contributed by atoms with E-state index in [1.54, 1.807) is 20.2 Å². The molecule has 2 rings (SSSR count). The number of aryl methyl sites for hydroxylation is 2. The SMILES string of the molecule is Cc1nn(C)c(-n2ccc(C(N)=O)n2)c1C=O. The third-order valence-corrected chi connectivity index (χ3v) is 2.41. The Bertz CT molecular complexity index is 596. The van der Waals surface area contributed by atoms with Crippen LogP contribution in [0.2, 0.25) is 0 Å². The normalized spacial score (nSPS) is 10.5. The van der Waals surface area contributed by atoms with Gasteiger partial charge in [-0.2, -0.15) is 10.2 Å².